The van der Waals surface area contributed by atoms with Crippen LogP contribution in [0.3, 0.4) is 0 Å². The molecule has 0 unspecified atom stereocenters. The fourth-order valence-electron chi connectivity index (χ4n) is 3.15. The first-order chi connectivity index (χ1) is 13.2. The van der Waals surface area contributed by atoms with E-state index in [9.17, 15) is 0 Å². The summed E-state index contributed by atoms with van der Waals surface area (Å²) in [6.45, 7) is 0. The Bertz CT molecular complexity index is 1240. The number of anilines is 1. The minimum absolute atomic E-state index is 0.836. The molecule has 0 spiro atoms. The molecule has 0 aliphatic heterocycles. The highest BCUT2D eigenvalue weighted by atomic mass is 32.1. The summed E-state index contributed by atoms with van der Waals surface area (Å²) in [6, 6.07) is 16.3. The van der Waals surface area contributed by atoms with Gasteiger partial charge in [0.2, 0.25) is 0 Å². The topological polar surface area (TPSA) is 59.2 Å². The SMILES string of the molecule is CN(C)c1nnc(-c2ccc(-c3cn4ncccc4n3)s2)c2ccccc12. The van der Waals surface area contributed by atoms with E-state index in [-0.39, 0.29) is 0 Å². The van der Waals surface area contributed by atoms with Crippen LogP contribution in [-0.4, -0.2) is 38.9 Å². The van der Waals surface area contributed by atoms with E-state index in [4.69, 9.17) is 0 Å². The highest BCUT2D eigenvalue weighted by Gasteiger charge is 2.15. The molecule has 1 aromatic carbocycles. The van der Waals surface area contributed by atoms with E-state index in [1.165, 1.54) is 0 Å². The third kappa shape index (κ3) is 2.63. The number of rotatable bonds is 3. The van der Waals surface area contributed by atoms with Crippen LogP contribution in [0.15, 0.2) is 60.9 Å². The summed E-state index contributed by atoms with van der Waals surface area (Å²) in [4.78, 5) is 8.80. The van der Waals surface area contributed by atoms with Crippen molar-refractivity contribution in [2.24, 2.45) is 0 Å². The van der Waals surface area contributed by atoms with Crippen LogP contribution < -0.4 is 4.90 Å². The van der Waals surface area contributed by atoms with Crippen LogP contribution in [0.5, 0.6) is 0 Å². The van der Waals surface area contributed by atoms with Crippen molar-refractivity contribution in [3.05, 3.63) is 60.9 Å². The average molecular weight is 372 g/mol. The molecular formula is C20H16N6S. The summed E-state index contributed by atoms with van der Waals surface area (Å²) in [7, 11) is 3.97. The summed E-state index contributed by atoms with van der Waals surface area (Å²) < 4.78 is 1.79. The molecule has 0 fully saturated rings. The van der Waals surface area contributed by atoms with Crippen molar-refractivity contribution in [3.8, 4) is 21.1 Å². The van der Waals surface area contributed by atoms with Crippen LogP contribution >= 0.6 is 11.3 Å². The molecule has 0 saturated carbocycles. The lowest BCUT2D eigenvalue weighted by atomic mass is 10.1. The van der Waals surface area contributed by atoms with Crippen LogP contribution in [0.25, 0.3) is 37.6 Å². The molecule has 0 aliphatic rings. The van der Waals surface area contributed by atoms with Crippen LogP contribution in [-0.2, 0) is 0 Å². The van der Waals surface area contributed by atoms with Gasteiger partial charge in [-0.05, 0) is 24.3 Å². The summed E-state index contributed by atoms with van der Waals surface area (Å²) >= 11 is 1.66. The summed E-state index contributed by atoms with van der Waals surface area (Å²) in [5.41, 5.74) is 2.64. The summed E-state index contributed by atoms with van der Waals surface area (Å²) in [5, 5.41) is 15.5. The van der Waals surface area contributed by atoms with Gasteiger partial charge in [-0.3, -0.25) is 0 Å². The summed E-state index contributed by atoms with van der Waals surface area (Å²) in [5.74, 6) is 0.873. The van der Waals surface area contributed by atoms with Gasteiger partial charge in [0.25, 0.3) is 0 Å². The fraction of sp³-hybridized carbons (Fsp3) is 0.100. The molecule has 5 rings (SSSR count). The maximum Gasteiger partial charge on any atom is 0.158 e. The normalized spacial score (nSPS) is 11.3. The number of thiophene rings is 1. The molecule has 7 heteroatoms. The molecule has 0 radical (unpaired) electrons. The molecule has 5 aromatic rings. The largest absolute Gasteiger partial charge is 0.361 e. The van der Waals surface area contributed by atoms with E-state index in [1.54, 1.807) is 22.0 Å². The van der Waals surface area contributed by atoms with Crippen LogP contribution in [0.2, 0.25) is 0 Å². The molecule has 0 bridgehead atoms. The molecule has 6 nitrogen and oxygen atoms in total. The molecule has 132 valence electrons. The lowest BCUT2D eigenvalue weighted by molar-refractivity contribution is 0.936. The number of benzene rings is 1. The quantitative estimate of drug-likeness (QED) is 0.476. The smallest absolute Gasteiger partial charge is 0.158 e. The molecule has 0 atom stereocenters. The van der Waals surface area contributed by atoms with E-state index in [0.29, 0.717) is 0 Å². The van der Waals surface area contributed by atoms with Crippen molar-refractivity contribution in [2.45, 2.75) is 0 Å². The van der Waals surface area contributed by atoms with Crippen molar-refractivity contribution in [3.63, 3.8) is 0 Å². The number of aromatic nitrogens is 5. The van der Waals surface area contributed by atoms with Gasteiger partial charge in [-0.25, -0.2) is 9.50 Å². The van der Waals surface area contributed by atoms with E-state index >= 15 is 0 Å². The van der Waals surface area contributed by atoms with Crippen molar-refractivity contribution in [1.29, 1.82) is 0 Å². The number of hydrogen-bond acceptors (Lipinski definition) is 6. The first-order valence-electron chi connectivity index (χ1n) is 8.54. The second-order valence-corrected chi connectivity index (χ2v) is 7.51. The van der Waals surface area contributed by atoms with E-state index in [1.807, 2.05) is 49.5 Å². The molecule has 0 aliphatic carbocycles. The van der Waals surface area contributed by atoms with Gasteiger partial charge in [-0.15, -0.1) is 21.5 Å². The molecule has 27 heavy (non-hydrogen) atoms. The van der Waals surface area contributed by atoms with E-state index < -0.39 is 0 Å². The van der Waals surface area contributed by atoms with E-state index in [0.717, 1.165) is 43.4 Å². The van der Waals surface area contributed by atoms with Gasteiger partial charge in [0, 0.05) is 31.1 Å². The van der Waals surface area contributed by atoms with Crippen LogP contribution in [0, 0.1) is 0 Å². The van der Waals surface area contributed by atoms with E-state index in [2.05, 4.69) is 44.5 Å². The number of nitrogens with zero attached hydrogens (tertiary/aromatic N) is 6. The monoisotopic (exact) mass is 372 g/mol. The Kier molecular flexibility index (Phi) is 3.61. The number of imidazole rings is 1. The van der Waals surface area contributed by atoms with Gasteiger partial charge in [-0.2, -0.15) is 5.10 Å². The second kappa shape index (κ2) is 6.14. The van der Waals surface area contributed by atoms with Gasteiger partial charge in [-0.1, -0.05) is 24.3 Å². The average Bonchev–Trinajstić information content (AvgIpc) is 3.33. The Balaban J connectivity index is 1.63. The van der Waals surface area contributed by atoms with Gasteiger partial charge >= 0.3 is 0 Å². The first kappa shape index (κ1) is 15.9. The zero-order valence-corrected chi connectivity index (χ0v) is 15.7. The standard InChI is InChI=1S/C20H16N6S/c1-25(2)20-14-7-4-3-6-13(14)19(23-24-20)17-10-9-16(27-17)15-12-26-18(22-15)8-5-11-21-26/h3-12H,1-2H3. The van der Waals surface area contributed by atoms with Crippen LogP contribution in [0.4, 0.5) is 5.82 Å². The third-order valence-electron chi connectivity index (χ3n) is 4.42. The zero-order valence-electron chi connectivity index (χ0n) is 14.9. The first-order valence-corrected chi connectivity index (χ1v) is 9.36. The molecular weight excluding hydrogens is 356 g/mol. The van der Waals surface area contributed by atoms with Crippen molar-refractivity contribution in [2.75, 3.05) is 19.0 Å². The maximum absolute atomic E-state index is 4.66. The minimum Gasteiger partial charge on any atom is -0.361 e. The van der Waals surface area contributed by atoms with Gasteiger partial charge in [0.05, 0.1) is 16.0 Å². The molecule has 4 heterocycles. The molecule has 0 N–H and O–H groups in total. The van der Waals surface area contributed by atoms with Crippen molar-refractivity contribution in [1.82, 2.24) is 24.8 Å². The lowest BCUT2D eigenvalue weighted by Gasteiger charge is -2.14. The van der Waals surface area contributed by atoms with Crippen molar-refractivity contribution < 1.29 is 0 Å². The third-order valence-corrected chi connectivity index (χ3v) is 5.53. The Morgan fingerprint density at radius 3 is 2.52 bits per heavy atom. The Morgan fingerprint density at radius 1 is 0.889 bits per heavy atom. The number of fused-ring (bicyclic) bond motifs is 2. The highest BCUT2D eigenvalue weighted by Crippen LogP contribution is 2.37. The highest BCUT2D eigenvalue weighted by molar-refractivity contribution is 7.18. The maximum atomic E-state index is 4.66. The Labute approximate surface area is 159 Å². The minimum atomic E-state index is 0.836. The molecule has 4 aromatic heterocycles. The van der Waals surface area contributed by atoms with Gasteiger partial charge in [0.1, 0.15) is 11.4 Å². The Morgan fingerprint density at radius 2 is 1.70 bits per heavy atom. The molecule has 0 amide bonds. The summed E-state index contributed by atoms with van der Waals surface area (Å²) in [6.07, 6.45) is 3.70. The van der Waals surface area contributed by atoms with Crippen LogP contribution in [0.1, 0.15) is 0 Å². The van der Waals surface area contributed by atoms with Gasteiger partial charge < -0.3 is 4.90 Å². The zero-order chi connectivity index (χ0) is 18.4. The lowest BCUT2D eigenvalue weighted by Crippen LogP contribution is -2.12. The second-order valence-electron chi connectivity index (χ2n) is 6.43. The fourth-order valence-corrected chi connectivity index (χ4v) is 4.11. The Hall–Kier alpha value is -3.32. The predicted octanol–water partition coefficient (Wildman–Crippen LogP) is 4.13. The predicted molar refractivity (Wildman–Crippen MR) is 109 cm³/mol. The number of hydrogen-bond donors (Lipinski definition) is 0. The van der Waals surface area contributed by atoms with Crippen molar-refractivity contribution >= 4 is 33.6 Å². The molecule has 0 saturated heterocycles. The van der Waals surface area contributed by atoms with Gasteiger partial charge in [0.15, 0.2) is 11.5 Å².